The fourth-order valence-electron chi connectivity index (χ4n) is 1.54. The molecular weight excluding hydrogens is 184 g/mol. The zero-order valence-electron chi connectivity index (χ0n) is 8.84. The standard InChI is InChI=1S/C10H19O4/c1-10(2,3)4-7-9(13)8(12)6(11)5-14-7/h5-9,11-13H,4H2,1-3H3/t6-,7+,8+,9+/m1/s1. The molecule has 1 saturated heterocycles. The molecule has 1 radical (unpaired) electrons. The van der Waals surface area contributed by atoms with E-state index in [0.717, 1.165) is 0 Å². The first kappa shape index (κ1) is 11.9. The van der Waals surface area contributed by atoms with Gasteiger partial charge in [0.2, 0.25) is 0 Å². The molecule has 4 atom stereocenters. The molecule has 1 heterocycles. The van der Waals surface area contributed by atoms with Gasteiger partial charge in [0.25, 0.3) is 0 Å². The van der Waals surface area contributed by atoms with Crippen LogP contribution in [0.15, 0.2) is 0 Å². The quantitative estimate of drug-likeness (QED) is 0.564. The Morgan fingerprint density at radius 1 is 1.14 bits per heavy atom. The first-order valence-electron chi connectivity index (χ1n) is 4.84. The molecular formula is C10H19O4. The lowest BCUT2D eigenvalue weighted by Crippen LogP contribution is -2.51. The lowest BCUT2D eigenvalue weighted by Gasteiger charge is -2.37. The number of aliphatic hydroxyl groups excluding tert-OH is 3. The van der Waals surface area contributed by atoms with Crippen LogP contribution in [0.2, 0.25) is 0 Å². The molecule has 0 aromatic heterocycles. The monoisotopic (exact) mass is 203 g/mol. The van der Waals surface area contributed by atoms with Crippen LogP contribution in [0.3, 0.4) is 0 Å². The molecule has 0 bridgehead atoms. The van der Waals surface area contributed by atoms with Crippen LogP contribution >= 0.6 is 0 Å². The second-order valence-electron chi connectivity index (χ2n) is 5.05. The first-order chi connectivity index (χ1) is 6.31. The van der Waals surface area contributed by atoms with Crippen LogP contribution in [0.5, 0.6) is 0 Å². The number of hydrogen-bond donors (Lipinski definition) is 3. The van der Waals surface area contributed by atoms with Gasteiger partial charge in [-0.1, -0.05) is 20.8 Å². The average Bonchev–Trinajstić information content (AvgIpc) is 2.04. The third-order valence-electron chi connectivity index (χ3n) is 2.29. The predicted octanol–water partition coefficient (Wildman–Crippen LogP) is 0.0659. The second-order valence-corrected chi connectivity index (χ2v) is 5.05. The van der Waals surface area contributed by atoms with Crippen molar-refractivity contribution in [2.24, 2.45) is 5.41 Å². The maximum Gasteiger partial charge on any atom is 0.115 e. The van der Waals surface area contributed by atoms with E-state index in [-0.39, 0.29) is 5.41 Å². The molecule has 1 rings (SSSR count). The molecule has 83 valence electrons. The van der Waals surface area contributed by atoms with E-state index in [9.17, 15) is 15.3 Å². The Morgan fingerprint density at radius 2 is 1.71 bits per heavy atom. The van der Waals surface area contributed by atoms with Gasteiger partial charge in [0.05, 0.1) is 6.10 Å². The van der Waals surface area contributed by atoms with Crippen LogP contribution in [-0.4, -0.2) is 39.7 Å². The Bertz CT molecular complexity index is 187. The maximum absolute atomic E-state index is 9.62. The summed E-state index contributed by atoms with van der Waals surface area (Å²) in [5.74, 6) is 0. The summed E-state index contributed by atoms with van der Waals surface area (Å²) in [6, 6.07) is 0. The molecule has 14 heavy (non-hydrogen) atoms. The maximum atomic E-state index is 9.62. The van der Waals surface area contributed by atoms with Crippen molar-refractivity contribution in [2.45, 2.75) is 51.6 Å². The second kappa shape index (κ2) is 4.14. The number of rotatable bonds is 1. The van der Waals surface area contributed by atoms with Crippen molar-refractivity contribution in [3.8, 4) is 0 Å². The van der Waals surface area contributed by atoms with Crippen LogP contribution < -0.4 is 0 Å². The third kappa shape index (κ3) is 2.92. The Balaban J connectivity index is 2.55. The van der Waals surface area contributed by atoms with E-state index in [4.69, 9.17) is 4.74 Å². The number of ether oxygens (including phenoxy) is 1. The molecule has 0 amide bonds. The smallest absolute Gasteiger partial charge is 0.115 e. The van der Waals surface area contributed by atoms with Gasteiger partial charge in [-0.05, 0) is 11.8 Å². The Hall–Kier alpha value is -0.160. The van der Waals surface area contributed by atoms with Crippen molar-refractivity contribution >= 4 is 0 Å². The fraction of sp³-hybridized carbons (Fsp3) is 0.900. The summed E-state index contributed by atoms with van der Waals surface area (Å²) in [6.45, 7) is 7.27. The summed E-state index contributed by atoms with van der Waals surface area (Å²) < 4.78 is 5.16. The lowest BCUT2D eigenvalue weighted by atomic mass is 9.85. The van der Waals surface area contributed by atoms with E-state index in [1.54, 1.807) is 0 Å². The van der Waals surface area contributed by atoms with E-state index in [2.05, 4.69) is 0 Å². The van der Waals surface area contributed by atoms with Crippen molar-refractivity contribution in [1.29, 1.82) is 0 Å². The van der Waals surface area contributed by atoms with E-state index >= 15 is 0 Å². The Labute approximate surface area is 84.5 Å². The van der Waals surface area contributed by atoms with Crippen LogP contribution in [0.4, 0.5) is 0 Å². The van der Waals surface area contributed by atoms with E-state index < -0.39 is 24.4 Å². The molecule has 0 unspecified atom stereocenters. The molecule has 1 aliphatic heterocycles. The number of hydrogen-bond acceptors (Lipinski definition) is 4. The molecule has 0 spiro atoms. The molecule has 1 aliphatic rings. The van der Waals surface area contributed by atoms with Crippen LogP contribution in [0.1, 0.15) is 27.2 Å². The van der Waals surface area contributed by atoms with Crippen LogP contribution in [0, 0.1) is 12.0 Å². The Morgan fingerprint density at radius 3 is 2.21 bits per heavy atom. The van der Waals surface area contributed by atoms with E-state index in [1.807, 2.05) is 20.8 Å². The Kier molecular flexibility index (Phi) is 3.53. The summed E-state index contributed by atoms with van der Waals surface area (Å²) in [7, 11) is 0. The van der Waals surface area contributed by atoms with E-state index in [0.29, 0.717) is 6.42 Å². The van der Waals surface area contributed by atoms with Gasteiger partial charge in [-0.3, -0.25) is 0 Å². The predicted molar refractivity (Wildman–Crippen MR) is 51.3 cm³/mol. The van der Waals surface area contributed by atoms with Gasteiger partial charge in [-0.2, -0.15) is 0 Å². The highest BCUT2D eigenvalue weighted by atomic mass is 16.5. The molecule has 0 aromatic rings. The lowest BCUT2D eigenvalue weighted by molar-refractivity contribution is -0.167. The average molecular weight is 203 g/mol. The largest absolute Gasteiger partial charge is 0.388 e. The van der Waals surface area contributed by atoms with Gasteiger partial charge in [0, 0.05) is 0 Å². The van der Waals surface area contributed by atoms with Crippen molar-refractivity contribution < 1.29 is 20.1 Å². The summed E-state index contributed by atoms with van der Waals surface area (Å²) >= 11 is 0. The van der Waals surface area contributed by atoms with Crippen molar-refractivity contribution in [3.63, 3.8) is 0 Å². The minimum Gasteiger partial charge on any atom is -0.388 e. The van der Waals surface area contributed by atoms with Gasteiger partial charge >= 0.3 is 0 Å². The van der Waals surface area contributed by atoms with Crippen LogP contribution in [-0.2, 0) is 4.74 Å². The molecule has 4 nitrogen and oxygen atoms in total. The zero-order valence-corrected chi connectivity index (χ0v) is 8.84. The van der Waals surface area contributed by atoms with Gasteiger partial charge in [0.1, 0.15) is 24.9 Å². The molecule has 1 fully saturated rings. The highest BCUT2D eigenvalue weighted by Crippen LogP contribution is 2.29. The van der Waals surface area contributed by atoms with Crippen LogP contribution in [0.25, 0.3) is 0 Å². The zero-order chi connectivity index (χ0) is 10.9. The molecule has 4 heteroatoms. The van der Waals surface area contributed by atoms with E-state index in [1.165, 1.54) is 6.61 Å². The summed E-state index contributed by atoms with van der Waals surface area (Å²) in [4.78, 5) is 0. The third-order valence-corrected chi connectivity index (χ3v) is 2.29. The van der Waals surface area contributed by atoms with Crippen molar-refractivity contribution in [1.82, 2.24) is 0 Å². The minimum absolute atomic E-state index is 0.0154. The van der Waals surface area contributed by atoms with Gasteiger partial charge in [-0.15, -0.1) is 0 Å². The van der Waals surface area contributed by atoms with Gasteiger partial charge in [0.15, 0.2) is 0 Å². The molecule has 0 saturated carbocycles. The van der Waals surface area contributed by atoms with Crippen molar-refractivity contribution in [2.75, 3.05) is 0 Å². The summed E-state index contributed by atoms with van der Waals surface area (Å²) in [5.41, 5.74) is 0.0154. The highest BCUT2D eigenvalue weighted by Gasteiger charge is 2.39. The van der Waals surface area contributed by atoms with Gasteiger partial charge in [-0.25, -0.2) is 0 Å². The topological polar surface area (TPSA) is 69.9 Å². The SMILES string of the molecule is CC(C)(C)C[C@@H]1O[CH][C@@H](O)[C@H](O)[C@H]1O. The summed E-state index contributed by atoms with van der Waals surface area (Å²) in [6.07, 6.45) is -3.06. The fourth-order valence-corrected chi connectivity index (χ4v) is 1.54. The number of aliphatic hydroxyl groups is 3. The summed E-state index contributed by atoms with van der Waals surface area (Å²) in [5, 5.41) is 28.2. The first-order valence-corrected chi connectivity index (χ1v) is 4.84. The van der Waals surface area contributed by atoms with Gasteiger partial charge < -0.3 is 20.1 Å². The van der Waals surface area contributed by atoms with Crippen molar-refractivity contribution in [3.05, 3.63) is 6.61 Å². The normalized spacial score (nSPS) is 39.9. The molecule has 0 aromatic carbocycles. The minimum atomic E-state index is -1.14. The highest BCUT2D eigenvalue weighted by molar-refractivity contribution is 4.92. The molecule has 3 N–H and O–H groups in total. The molecule has 0 aliphatic carbocycles.